The first-order valence-corrected chi connectivity index (χ1v) is 12.2. The molecule has 4 aliphatic rings. The topological polar surface area (TPSA) is 72.5 Å². The third kappa shape index (κ3) is 3.46. The minimum Gasteiger partial charge on any atom is -0.469 e. The third-order valence-corrected chi connectivity index (χ3v) is 10.5. The Kier molecular flexibility index (Phi) is 5.83. The Bertz CT molecular complexity index is 623. The normalized spacial score (nSPS) is 50.2. The zero-order valence-electron chi connectivity index (χ0n) is 19.0. The summed E-state index contributed by atoms with van der Waals surface area (Å²) >= 11 is 0. The van der Waals surface area contributed by atoms with Gasteiger partial charge in [0.05, 0.1) is 13.2 Å². The number of carbonyl (C=O) groups excluding carboxylic acids is 1. The van der Waals surface area contributed by atoms with E-state index in [0.29, 0.717) is 58.8 Å². The lowest BCUT2D eigenvalue weighted by molar-refractivity contribution is -0.166. The number of carbonyl (C=O) groups is 1. The number of nitrogens with two attached hydrogens (primary N) is 1. The van der Waals surface area contributed by atoms with Crippen molar-refractivity contribution in [2.24, 2.45) is 52.1 Å². The van der Waals surface area contributed by atoms with E-state index in [4.69, 9.17) is 10.5 Å². The van der Waals surface area contributed by atoms with Crippen LogP contribution < -0.4 is 5.73 Å². The van der Waals surface area contributed by atoms with Gasteiger partial charge in [0.25, 0.3) is 0 Å². The Balaban J connectivity index is 1.53. The van der Waals surface area contributed by atoms with Crippen LogP contribution in [-0.2, 0) is 9.53 Å². The van der Waals surface area contributed by atoms with Crippen LogP contribution >= 0.6 is 0 Å². The van der Waals surface area contributed by atoms with Crippen molar-refractivity contribution in [3.8, 4) is 0 Å². The van der Waals surface area contributed by atoms with Gasteiger partial charge in [-0.05, 0) is 104 Å². The second-order valence-electron chi connectivity index (χ2n) is 11.7. The number of aliphatic hydroxyl groups excluding tert-OH is 1. The smallest absolute Gasteiger partial charge is 0.305 e. The zero-order valence-corrected chi connectivity index (χ0v) is 19.0. The Hall–Kier alpha value is -0.610. The molecule has 0 aromatic heterocycles. The van der Waals surface area contributed by atoms with Crippen LogP contribution in [0.2, 0.25) is 0 Å². The van der Waals surface area contributed by atoms with Gasteiger partial charge in [0.2, 0.25) is 0 Å². The number of ether oxygens (including phenoxy) is 1. The van der Waals surface area contributed by atoms with E-state index >= 15 is 0 Å². The molecule has 0 aliphatic heterocycles. The molecular formula is C25H43NO3. The maximum atomic E-state index is 11.7. The van der Waals surface area contributed by atoms with Gasteiger partial charge in [0.15, 0.2) is 0 Å². The van der Waals surface area contributed by atoms with E-state index in [1.807, 2.05) is 0 Å². The van der Waals surface area contributed by atoms with Crippen molar-refractivity contribution in [2.75, 3.05) is 7.11 Å². The monoisotopic (exact) mass is 405 g/mol. The van der Waals surface area contributed by atoms with Gasteiger partial charge in [-0.3, -0.25) is 4.79 Å². The lowest BCUT2D eigenvalue weighted by Gasteiger charge is -2.62. The minimum atomic E-state index is -0.155. The fourth-order valence-corrected chi connectivity index (χ4v) is 8.88. The van der Waals surface area contributed by atoms with Crippen molar-refractivity contribution in [3.63, 3.8) is 0 Å². The highest BCUT2D eigenvalue weighted by atomic mass is 16.5. The van der Waals surface area contributed by atoms with Gasteiger partial charge in [-0.25, -0.2) is 0 Å². The Labute approximate surface area is 177 Å². The molecule has 0 saturated heterocycles. The largest absolute Gasteiger partial charge is 0.469 e. The quantitative estimate of drug-likeness (QED) is 0.674. The lowest BCUT2D eigenvalue weighted by atomic mass is 9.43. The molecule has 166 valence electrons. The van der Waals surface area contributed by atoms with Crippen LogP contribution in [0.4, 0.5) is 0 Å². The lowest BCUT2D eigenvalue weighted by Crippen LogP contribution is -2.59. The van der Waals surface area contributed by atoms with Crippen molar-refractivity contribution in [1.82, 2.24) is 0 Å². The highest BCUT2D eigenvalue weighted by molar-refractivity contribution is 5.69. The van der Waals surface area contributed by atoms with Crippen LogP contribution in [0.3, 0.4) is 0 Å². The Morgan fingerprint density at radius 1 is 1.10 bits per heavy atom. The average molecular weight is 406 g/mol. The maximum Gasteiger partial charge on any atom is 0.305 e. The molecule has 0 spiro atoms. The highest BCUT2D eigenvalue weighted by Gasteiger charge is 2.62. The molecule has 0 amide bonds. The van der Waals surface area contributed by atoms with Crippen LogP contribution in [0, 0.1) is 46.3 Å². The number of aliphatic hydroxyl groups is 1. The van der Waals surface area contributed by atoms with E-state index < -0.39 is 0 Å². The molecule has 4 rings (SSSR count). The number of hydrogen-bond acceptors (Lipinski definition) is 4. The second-order valence-corrected chi connectivity index (χ2v) is 11.7. The summed E-state index contributed by atoms with van der Waals surface area (Å²) in [5, 5.41) is 11.3. The fraction of sp³-hybridized carbons (Fsp3) is 0.960. The zero-order chi connectivity index (χ0) is 21.0. The van der Waals surface area contributed by atoms with Gasteiger partial charge in [0, 0.05) is 12.5 Å². The first kappa shape index (κ1) is 21.6. The first-order chi connectivity index (χ1) is 13.7. The third-order valence-electron chi connectivity index (χ3n) is 10.5. The molecule has 4 nitrogen and oxygen atoms in total. The van der Waals surface area contributed by atoms with Gasteiger partial charge < -0.3 is 15.6 Å². The highest BCUT2D eigenvalue weighted by Crippen LogP contribution is 2.68. The molecule has 3 N–H and O–H groups in total. The Morgan fingerprint density at radius 2 is 1.79 bits per heavy atom. The van der Waals surface area contributed by atoms with Gasteiger partial charge in [-0.1, -0.05) is 20.8 Å². The second kappa shape index (κ2) is 7.82. The molecule has 10 atom stereocenters. The summed E-state index contributed by atoms with van der Waals surface area (Å²) in [5.74, 6) is 3.47. The molecule has 0 bridgehead atoms. The van der Waals surface area contributed by atoms with Crippen LogP contribution in [-0.4, -0.2) is 30.3 Å². The van der Waals surface area contributed by atoms with E-state index in [1.165, 1.54) is 39.2 Å². The summed E-state index contributed by atoms with van der Waals surface area (Å²) in [6.45, 7) is 7.38. The van der Waals surface area contributed by atoms with Crippen molar-refractivity contribution in [1.29, 1.82) is 0 Å². The van der Waals surface area contributed by atoms with Crippen molar-refractivity contribution in [3.05, 3.63) is 0 Å². The molecule has 0 aromatic rings. The van der Waals surface area contributed by atoms with Crippen LogP contribution in [0.1, 0.15) is 85.0 Å². The number of rotatable bonds is 4. The predicted molar refractivity (Wildman–Crippen MR) is 115 cm³/mol. The van der Waals surface area contributed by atoms with E-state index in [2.05, 4.69) is 20.8 Å². The summed E-state index contributed by atoms with van der Waals surface area (Å²) in [5.41, 5.74) is 7.00. The molecule has 0 aromatic carbocycles. The van der Waals surface area contributed by atoms with Gasteiger partial charge in [0.1, 0.15) is 0 Å². The molecule has 0 heterocycles. The van der Waals surface area contributed by atoms with Crippen LogP contribution in [0.5, 0.6) is 0 Å². The molecule has 0 radical (unpaired) electrons. The molecular weight excluding hydrogens is 362 g/mol. The van der Waals surface area contributed by atoms with E-state index in [1.54, 1.807) is 0 Å². The van der Waals surface area contributed by atoms with Gasteiger partial charge >= 0.3 is 5.97 Å². The first-order valence-electron chi connectivity index (χ1n) is 12.2. The molecule has 4 heteroatoms. The molecule has 29 heavy (non-hydrogen) atoms. The predicted octanol–water partition coefficient (Wildman–Crippen LogP) is 4.53. The fourth-order valence-electron chi connectivity index (χ4n) is 8.88. The summed E-state index contributed by atoms with van der Waals surface area (Å²) in [6, 6.07) is 0.331. The summed E-state index contributed by atoms with van der Waals surface area (Å²) in [4.78, 5) is 11.7. The van der Waals surface area contributed by atoms with E-state index in [-0.39, 0.29) is 12.1 Å². The minimum absolute atomic E-state index is 0.0857. The van der Waals surface area contributed by atoms with E-state index in [9.17, 15) is 9.90 Å². The standard InChI is InChI=1S/C25H43NO3/c1-15(5-8-22(28)29-4)18-6-7-19-23-20(10-12-25(18,19)3)24(2)11-9-17(26)13-16(24)14-21(23)27/h15-21,23,27H,5-14,26H2,1-4H3/t15-,16?,17-,18?,19?,20?,21+,23?,24+,25-/m1/s1. The number of methoxy groups -OCH3 is 1. The average Bonchev–Trinajstić information content (AvgIpc) is 3.04. The molecule has 5 unspecified atom stereocenters. The van der Waals surface area contributed by atoms with Crippen LogP contribution in [0.25, 0.3) is 0 Å². The summed E-state index contributed by atoms with van der Waals surface area (Å²) in [6.07, 6.45) is 10.8. The maximum absolute atomic E-state index is 11.7. The van der Waals surface area contributed by atoms with Crippen molar-refractivity contribution in [2.45, 2.75) is 97.1 Å². The Morgan fingerprint density at radius 3 is 2.52 bits per heavy atom. The number of esters is 1. The van der Waals surface area contributed by atoms with Crippen molar-refractivity contribution >= 4 is 5.97 Å². The molecule has 4 fully saturated rings. The van der Waals surface area contributed by atoms with Crippen molar-refractivity contribution < 1.29 is 14.6 Å². The summed E-state index contributed by atoms with van der Waals surface area (Å²) < 4.78 is 4.87. The number of hydrogen-bond donors (Lipinski definition) is 2. The SMILES string of the molecule is COC(=O)CC[C@@H](C)C1CCC2C3C(CC[C@@]21C)[C@@]1(C)CC[C@@H](N)CC1C[C@@H]3O. The van der Waals surface area contributed by atoms with E-state index in [0.717, 1.165) is 25.7 Å². The van der Waals surface area contributed by atoms with Gasteiger partial charge in [-0.15, -0.1) is 0 Å². The molecule has 4 aliphatic carbocycles. The number of fused-ring (bicyclic) bond motifs is 5. The summed E-state index contributed by atoms with van der Waals surface area (Å²) in [7, 11) is 1.48. The van der Waals surface area contributed by atoms with Gasteiger partial charge in [-0.2, -0.15) is 0 Å². The molecule has 4 saturated carbocycles. The van der Waals surface area contributed by atoms with Crippen LogP contribution in [0.15, 0.2) is 0 Å².